The van der Waals surface area contributed by atoms with Crippen molar-refractivity contribution < 1.29 is 13.9 Å². The number of carbonyl (C=O) groups excluding carboxylic acids is 1. The highest BCUT2D eigenvalue weighted by Gasteiger charge is 2.38. The number of nitrogens with one attached hydrogen (secondary N) is 1. The SMILES string of the molecule is C=CC(=O)N1CCN(c2ccc3ncnc(Nc4ccc(Oc5ccn6ncnc6c5)c(C)c4F)c3n2)C[C@H]1C1CCC1. The monoisotopic (exact) mass is 579 g/mol. The van der Waals surface area contributed by atoms with Crippen LogP contribution in [-0.4, -0.2) is 66.0 Å². The Bertz CT molecular complexity index is 1850. The fourth-order valence-electron chi connectivity index (χ4n) is 5.82. The number of amides is 1. The predicted octanol–water partition coefficient (Wildman–Crippen LogP) is 5.05. The maximum Gasteiger partial charge on any atom is 0.246 e. The van der Waals surface area contributed by atoms with Crippen LogP contribution >= 0.6 is 0 Å². The highest BCUT2D eigenvalue weighted by molar-refractivity contribution is 5.89. The first-order valence-electron chi connectivity index (χ1n) is 14.3. The van der Waals surface area contributed by atoms with E-state index in [1.54, 1.807) is 41.9 Å². The van der Waals surface area contributed by atoms with Crippen molar-refractivity contribution in [1.82, 2.24) is 34.4 Å². The van der Waals surface area contributed by atoms with Crippen molar-refractivity contribution in [3.8, 4) is 11.5 Å². The molecule has 1 amide bonds. The summed E-state index contributed by atoms with van der Waals surface area (Å²) in [7, 11) is 0. The lowest BCUT2D eigenvalue weighted by molar-refractivity contribution is -0.130. The highest BCUT2D eigenvalue weighted by Crippen LogP contribution is 2.36. The van der Waals surface area contributed by atoms with Crippen LogP contribution in [0.4, 0.5) is 21.7 Å². The minimum Gasteiger partial charge on any atom is -0.457 e. The van der Waals surface area contributed by atoms with Gasteiger partial charge in [-0.3, -0.25) is 4.79 Å². The largest absolute Gasteiger partial charge is 0.457 e. The molecule has 218 valence electrons. The minimum absolute atomic E-state index is 0.0203. The number of hydrogen-bond acceptors (Lipinski definition) is 9. The Morgan fingerprint density at radius 1 is 1.12 bits per heavy atom. The third kappa shape index (κ3) is 4.98. The fourth-order valence-corrected chi connectivity index (χ4v) is 5.82. The number of rotatable bonds is 7. The molecule has 1 aromatic carbocycles. The second-order valence-corrected chi connectivity index (χ2v) is 10.9. The molecule has 4 aromatic heterocycles. The van der Waals surface area contributed by atoms with E-state index >= 15 is 4.39 Å². The number of carbonyl (C=O) groups is 1. The molecule has 0 spiro atoms. The molecule has 0 bridgehead atoms. The molecule has 5 heterocycles. The van der Waals surface area contributed by atoms with E-state index in [1.165, 1.54) is 25.2 Å². The van der Waals surface area contributed by atoms with E-state index in [-0.39, 0.29) is 17.6 Å². The van der Waals surface area contributed by atoms with Crippen molar-refractivity contribution in [2.75, 3.05) is 29.9 Å². The smallest absolute Gasteiger partial charge is 0.246 e. The lowest BCUT2D eigenvalue weighted by atomic mass is 9.78. The van der Waals surface area contributed by atoms with Gasteiger partial charge in [0.25, 0.3) is 0 Å². The summed E-state index contributed by atoms with van der Waals surface area (Å²) >= 11 is 0. The zero-order valence-corrected chi connectivity index (χ0v) is 23.7. The molecule has 1 aliphatic heterocycles. The van der Waals surface area contributed by atoms with Crippen LogP contribution < -0.4 is 15.0 Å². The summed E-state index contributed by atoms with van der Waals surface area (Å²) in [5.74, 6) is 2.07. The quantitative estimate of drug-likeness (QED) is 0.265. The molecule has 0 radical (unpaired) electrons. The average Bonchev–Trinajstić information content (AvgIpc) is 3.48. The first-order valence-corrected chi connectivity index (χ1v) is 14.3. The molecule has 1 saturated heterocycles. The van der Waals surface area contributed by atoms with Crippen molar-refractivity contribution in [2.45, 2.75) is 32.2 Å². The Hall–Kier alpha value is -5.13. The Kier molecular flexibility index (Phi) is 6.80. The van der Waals surface area contributed by atoms with Crippen molar-refractivity contribution in [2.24, 2.45) is 5.92 Å². The molecular formula is C31H30FN9O2. The molecule has 43 heavy (non-hydrogen) atoms. The molecule has 0 unspecified atom stereocenters. The standard InChI is InChI=1S/C31H30FN9O2/c1-3-28(42)40-14-13-39(16-24(40)20-5-4-6-20)26-10-8-23-30(38-26)31(35-17-33-23)37-22-7-9-25(19(2)29(22)32)43-21-11-12-41-27(15-21)34-18-36-41/h3,7-12,15,17-18,20,24H,1,4-6,13-14,16H2,2H3,(H,33,35,37)/t24-/m0/s1. The third-order valence-electron chi connectivity index (χ3n) is 8.43. The summed E-state index contributed by atoms with van der Waals surface area (Å²) in [5, 5.41) is 7.20. The second kappa shape index (κ2) is 10.9. The summed E-state index contributed by atoms with van der Waals surface area (Å²) in [4.78, 5) is 34.6. The van der Waals surface area contributed by atoms with Crippen LogP contribution in [0.1, 0.15) is 24.8 Å². The van der Waals surface area contributed by atoms with Gasteiger partial charge in [-0.25, -0.2) is 28.8 Å². The van der Waals surface area contributed by atoms with Gasteiger partial charge in [-0.05, 0) is 62.1 Å². The van der Waals surface area contributed by atoms with Crippen LogP contribution in [0.2, 0.25) is 0 Å². The summed E-state index contributed by atoms with van der Waals surface area (Å²) < 4.78 is 23.2. The van der Waals surface area contributed by atoms with Gasteiger partial charge >= 0.3 is 0 Å². The molecule has 1 atom stereocenters. The molecule has 2 aliphatic rings. The number of nitrogens with zero attached hydrogens (tertiary/aromatic N) is 8. The number of benzene rings is 1. The molecular weight excluding hydrogens is 549 g/mol. The molecule has 5 aromatic rings. The van der Waals surface area contributed by atoms with E-state index < -0.39 is 5.82 Å². The van der Waals surface area contributed by atoms with Gasteiger partial charge in [-0.2, -0.15) is 5.10 Å². The summed E-state index contributed by atoms with van der Waals surface area (Å²) in [5.41, 5.74) is 2.38. The van der Waals surface area contributed by atoms with Crippen LogP contribution in [0.5, 0.6) is 11.5 Å². The van der Waals surface area contributed by atoms with E-state index in [0.717, 1.165) is 18.7 Å². The van der Waals surface area contributed by atoms with E-state index in [2.05, 4.69) is 36.8 Å². The lowest BCUT2D eigenvalue weighted by Gasteiger charge is -2.47. The number of aromatic nitrogens is 6. The van der Waals surface area contributed by atoms with E-state index in [0.29, 0.717) is 65.1 Å². The third-order valence-corrected chi connectivity index (χ3v) is 8.43. The first-order chi connectivity index (χ1) is 21.0. The molecule has 1 N–H and O–H groups in total. The van der Waals surface area contributed by atoms with Crippen LogP contribution in [-0.2, 0) is 4.79 Å². The molecule has 2 fully saturated rings. The number of fused-ring (bicyclic) bond motifs is 2. The van der Waals surface area contributed by atoms with Crippen molar-refractivity contribution >= 4 is 39.9 Å². The van der Waals surface area contributed by atoms with Gasteiger partial charge in [-0.1, -0.05) is 13.0 Å². The maximum absolute atomic E-state index is 15.6. The van der Waals surface area contributed by atoms with Crippen molar-refractivity contribution in [3.05, 3.63) is 79.3 Å². The van der Waals surface area contributed by atoms with Crippen LogP contribution in [0.25, 0.3) is 16.7 Å². The Morgan fingerprint density at radius 3 is 2.81 bits per heavy atom. The topological polar surface area (TPSA) is 114 Å². The number of hydrogen-bond donors (Lipinski definition) is 1. The molecule has 1 saturated carbocycles. The number of halogens is 1. The van der Waals surface area contributed by atoms with E-state index in [4.69, 9.17) is 9.72 Å². The van der Waals surface area contributed by atoms with Gasteiger partial charge in [0, 0.05) is 37.5 Å². The summed E-state index contributed by atoms with van der Waals surface area (Å²) in [6.07, 6.45) is 9.47. The number of anilines is 3. The predicted molar refractivity (Wildman–Crippen MR) is 160 cm³/mol. The number of pyridine rings is 2. The van der Waals surface area contributed by atoms with Gasteiger partial charge in [0.1, 0.15) is 35.5 Å². The van der Waals surface area contributed by atoms with Gasteiger partial charge in [-0.15, -0.1) is 0 Å². The average molecular weight is 580 g/mol. The normalized spacial score (nSPS) is 17.2. The first kappa shape index (κ1) is 26.7. The Balaban J connectivity index is 1.14. The van der Waals surface area contributed by atoms with E-state index in [1.807, 2.05) is 17.0 Å². The van der Waals surface area contributed by atoms with Gasteiger partial charge in [0.15, 0.2) is 17.3 Å². The van der Waals surface area contributed by atoms with Crippen molar-refractivity contribution in [3.63, 3.8) is 0 Å². The number of ether oxygens (including phenoxy) is 1. The summed E-state index contributed by atoms with van der Waals surface area (Å²) in [6.45, 7) is 7.30. The van der Waals surface area contributed by atoms with E-state index in [9.17, 15) is 4.79 Å². The second-order valence-electron chi connectivity index (χ2n) is 10.9. The number of piperazine rings is 1. The zero-order chi connectivity index (χ0) is 29.5. The van der Waals surface area contributed by atoms with Crippen LogP contribution in [0.3, 0.4) is 0 Å². The summed E-state index contributed by atoms with van der Waals surface area (Å²) in [6, 6.07) is 10.8. The maximum atomic E-state index is 15.6. The lowest BCUT2D eigenvalue weighted by Crippen LogP contribution is -2.58. The molecule has 7 rings (SSSR count). The zero-order valence-electron chi connectivity index (χ0n) is 23.7. The van der Waals surface area contributed by atoms with Gasteiger partial charge in [0.05, 0.1) is 17.2 Å². The van der Waals surface area contributed by atoms with Crippen LogP contribution in [0.15, 0.2) is 67.9 Å². The fraction of sp³-hybridized carbons (Fsp3) is 0.290. The molecule has 12 heteroatoms. The Morgan fingerprint density at radius 2 is 2.00 bits per heavy atom. The Labute approximate surface area is 247 Å². The van der Waals surface area contributed by atoms with Crippen molar-refractivity contribution in [1.29, 1.82) is 0 Å². The molecule has 1 aliphatic carbocycles. The van der Waals surface area contributed by atoms with Crippen LogP contribution in [0, 0.1) is 18.7 Å². The minimum atomic E-state index is -0.463. The highest BCUT2D eigenvalue weighted by atomic mass is 19.1. The van der Waals surface area contributed by atoms with Gasteiger partial charge < -0.3 is 19.9 Å². The molecule has 11 nitrogen and oxygen atoms in total. The van der Waals surface area contributed by atoms with Gasteiger partial charge in [0.2, 0.25) is 5.91 Å².